The Balaban J connectivity index is 1.50. The van der Waals surface area contributed by atoms with E-state index in [0.717, 1.165) is 25.2 Å². The molecule has 1 aliphatic heterocycles. The van der Waals surface area contributed by atoms with Gasteiger partial charge in [0.15, 0.2) is 0 Å². The van der Waals surface area contributed by atoms with Gasteiger partial charge in [0.05, 0.1) is 12.8 Å². The molecule has 3 rings (SSSR count). The summed E-state index contributed by atoms with van der Waals surface area (Å²) in [5, 5.41) is 4.15. The Bertz CT molecular complexity index is 851. The molecule has 1 aromatic carbocycles. The highest BCUT2D eigenvalue weighted by Crippen LogP contribution is 2.23. The van der Waals surface area contributed by atoms with E-state index in [1.165, 1.54) is 0 Å². The SMILES string of the molecule is Cn1cc(CN2CCN(C(=O)c3cccc(COCC(F)(F)C(F)F)c3)CC2)cn1. The van der Waals surface area contributed by atoms with Gasteiger partial charge in [-0.15, -0.1) is 0 Å². The quantitative estimate of drug-likeness (QED) is 0.607. The molecular weight excluding hydrogens is 404 g/mol. The predicted octanol–water partition coefficient (Wildman–Crippen LogP) is 2.80. The number of aryl methyl sites for hydroxylation is 1. The second-order valence-corrected chi connectivity index (χ2v) is 7.35. The summed E-state index contributed by atoms with van der Waals surface area (Å²) in [5.41, 5.74) is 2.00. The van der Waals surface area contributed by atoms with Gasteiger partial charge in [0.25, 0.3) is 5.91 Å². The molecule has 1 aromatic heterocycles. The van der Waals surface area contributed by atoms with Crippen molar-refractivity contribution in [2.75, 3.05) is 32.8 Å². The summed E-state index contributed by atoms with van der Waals surface area (Å²) in [5.74, 6) is -4.35. The first-order chi connectivity index (χ1) is 14.2. The predicted molar refractivity (Wildman–Crippen MR) is 101 cm³/mol. The number of ether oxygens (including phenoxy) is 1. The number of amides is 1. The van der Waals surface area contributed by atoms with Gasteiger partial charge < -0.3 is 9.64 Å². The lowest BCUT2D eigenvalue weighted by molar-refractivity contribution is -0.168. The van der Waals surface area contributed by atoms with Crippen LogP contribution in [0, 0.1) is 0 Å². The number of halogens is 4. The van der Waals surface area contributed by atoms with E-state index < -0.39 is 19.0 Å². The standard InChI is InChI=1S/C20H24F4N4O2/c1-26-11-16(10-25-26)12-27-5-7-28(8-6-27)18(29)17-4-2-3-15(9-17)13-30-14-20(23,24)19(21)22/h2-4,9-11,19H,5-8,12-14H2,1H3. The molecule has 30 heavy (non-hydrogen) atoms. The van der Waals surface area contributed by atoms with Crippen LogP contribution in [0.5, 0.6) is 0 Å². The number of alkyl halides is 4. The van der Waals surface area contributed by atoms with E-state index >= 15 is 0 Å². The highest BCUT2D eigenvalue weighted by molar-refractivity contribution is 5.94. The molecule has 1 aliphatic rings. The monoisotopic (exact) mass is 428 g/mol. The van der Waals surface area contributed by atoms with Gasteiger partial charge in [-0.3, -0.25) is 14.4 Å². The average Bonchev–Trinajstić information content (AvgIpc) is 3.12. The van der Waals surface area contributed by atoms with E-state index in [9.17, 15) is 22.4 Å². The highest BCUT2D eigenvalue weighted by Gasteiger charge is 2.40. The fourth-order valence-corrected chi connectivity index (χ4v) is 3.27. The Labute approximate surface area is 172 Å². The molecule has 10 heteroatoms. The maximum Gasteiger partial charge on any atom is 0.330 e. The van der Waals surface area contributed by atoms with Crippen molar-refractivity contribution in [1.82, 2.24) is 19.6 Å². The third kappa shape index (κ3) is 5.79. The van der Waals surface area contributed by atoms with Crippen molar-refractivity contribution < 1.29 is 27.1 Å². The molecule has 0 atom stereocenters. The van der Waals surface area contributed by atoms with Crippen molar-refractivity contribution in [3.05, 3.63) is 53.3 Å². The zero-order valence-corrected chi connectivity index (χ0v) is 16.6. The van der Waals surface area contributed by atoms with Gasteiger partial charge in [0, 0.05) is 57.1 Å². The molecule has 0 saturated carbocycles. The van der Waals surface area contributed by atoms with E-state index in [0.29, 0.717) is 24.2 Å². The molecule has 2 heterocycles. The molecule has 2 aromatic rings. The summed E-state index contributed by atoms with van der Waals surface area (Å²) in [7, 11) is 1.86. The van der Waals surface area contributed by atoms with Crippen LogP contribution in [-0.4, -0.2) is 70.6 Å². The Morgan fingerprint density at radius 3 is 2.57 bits per heavy atom. The number of benzene rings is 1. The van der Waals surface area contributed by atoms with Gasteiger partial charge in [-0.25, -0.2) is 8.78 Å². The summed E-state index contributed by atoms with van der Waals surface area (Å²) in [6.45, 7) is 1.72. The smallest absolute Gasteiger partial charge is 0.330 e. The van der Waals surface area contributed by atoms with Crippen molar-refractivity contribution >= 4 is 5.91 Å². The van der Waals surface area contributed by atoms with Gasteiger partial charge >= 0.3 is 12.3 Å². The lowest BCUT2D eigenvalue weighted by atomic mass is 10.1. The van der Waals surface area contributed by atoms with Crippen LogP contribution in [0.3, 0.4) is 0 Å². The van der Waals surface area contributed by atoms with Crippen LogP contribution in [0.25, 0.3) is 0 Å². The van der Waals surface area contributed by atoms with Crippen LogP contribution in [0.15, 0.2) is 36.7 Å². The fourth-order valence-electron chi connectivity index (χ4n) is 3.27. The normalized spacial score (nSPS) is 15.7. The zero-order valence-electron chi connectivity index (χ0n) is 16.6. The second-order valence-electron chi connectivity index (χ2n) is 7.35. The largest absolute Gasteiger partial charge is 0.370 e. The Kier molecular flexibility index (Phi) is 7.09. The summed E-state index contributed by atoms with van der Waals surface area (Å²) in [4.78, 5) is 16.8. The van der Waals surface area contributed by atoms with Crippen LogP contribution < -0.4 is 0 Å². The lowest BCUT2D eigenvalue weighted by Crippen LogP contribution is -2.48. The highest BCUT2D eigenvalue weighted by atomic mass is 19.3. The third-order valence-corrected chi connectivity index (χ3v) is 4.88. The van der Waals surface area contributed by atoms with Gasteiger partial charge in [-0.2, -0.15) is 13.9 Å². The first-order valence-corrected chi connectivity index (χ1v) is 9.56. The third-order valence-electron chi connectivity index (χ3n) is 4.88. The number of rotatable bonds is 8. The Morgan fingerprint density at radius 1 is 1.20 bits per heavy atom. The van der Waals surface area contributed by atoms with Crippen LogP contribution in [-0.2, 0) is 24.9 Å². The molecule has 0 spiro atoms. The molecule has 0 N–H and O–H groups in total. The molecule has 0 aliphatic carbocycles. The van der Waals surface area contributed by atoms with Crippen molar-refractivity contribution in [2.45, 2.75) is 25.5 Å². The number of hydrogen-bond donors (Lipinski definition) is 0. The van der Waals surface area contributed by atoms with E-state index in [2.05, 4.69) is 10.00 Å². The molecule has 1 fully saturated rings. The zero-order chi connectivity index (χ0) is 21.7. The first-order valence-electron chi connectivity index (χ1n) is 9.56. The van der Waals surface area contributed by atoms with E-state index in [4.69, 9.17) is 4.74 Å². The summed E-state index contributed by atoms with van der Waals surface area (Å²) >= 11 is 0. The van der Waals surface area contributed by atoms with Crippen molar-refractivity contribution in [2.24, 2.45) is 7.05 Å². The number of hydrogen-bond acceptors (Lipinski definition) is 4. The molecule has 1 amide bonds. The van der Waals surface area contributed by atoms with Crippen LogP contribution in [0.4, 0.5) is 17.6 Å². The van der Waals surface area contributed by atoms with Crippen LogP contribution in [0.1, 0.15) is 21.5 Å². The summed E-state index contributed by atoms with van der Waals surface area (Å²) in [6, 6.07) is 6.41. The van der Waals surface area contributed by atoms with Gasteiger partial charge in [0.1, 0.15) is 6.61 Å². The topological polar surface area (TPSA) is 50.6 Å². The average molecular weight is 428 g/mol. The van der Waals surface area contributed by atoms with E-state index in [-0.39, 0.29) is 12.5 Å². The van der Waals surface area contributed by atoms with Crippen molar-refractivity contribution in [3.63, 3.8) is 0 Å². The Hall–Kier alpha value is -2.46. The first kappa shape index (κ1) is 22.2. The minimum atomic E-state index is -4.19. The van der Waals surface area contributed by atoms with E-state index in [1.54, 1.807) is 33.8 Å². The summed E-state index contributed by atoms with van der Waals surface area (Å²) < 4.78 is 56.7. The maximum atomic E-state index is 12.9. The number of aromatic nitrogens is 2. The van der Waals surface area contributed by atoms with Crippen molar-refractivity contribution in [3.8, 4) is 0 Å². The van der Waals surface area contributed by atoms with Crippen molar-refractivity contribution in [1.29, 1.82) is 0 Å². The minimum Gasteiger partial charge on any atom is -0.370 e. The van der Waals surface area contributed by atoms with Crippen LogP contribution >= 0.6 is 0 Å². The van der Waals surface area contributed by atoms with Crippen LogP contribution in [0.2, 0.25) is 0 Å². The lowest BCUT2D eigenvalue weighted by Gasteiger charge is -2.34. The molecule has 164 valence electrons. The molecule has 0 radical (unpaired) electrons. The molecule has 0 unspecified atom stereocenters. The second kappa shape index (κ2) is 9.57. The van der Waals surface area contributed by atoms with Gasteiger partial charge in [0.2, 0.25) is 0 Å². The van der Waals surface area contributed by atoms with Gasteiger partial charge in [-0.05, 0) is 17.7 Å². The van der Waals surface area contributed by atoms with E-state index in [1.807, 2.05) is 19.4 Å². The molecule has 0 bridgehead atoms. The number of nitrogens with zero attached hydrogens (tertiary/aromatic N) is 4. The Morgan fingerprint density at radius 2 is 1.93 bits per heavy atom. The minimum absolute atomic E-state index is 0.157. The number of carbonyl (C=O) groups is 1. The van der Waals surface area contributed by atoms with Gasteiger partial charge in [-0.1, -0.05) is 12.1 Å². The summed E-state index contributed by atoms with van der Waals surface area (Å²) in [6.07, 6.45) is 0.00659. The molecule has 6 nitrogen and oxygen atoms in total. The fraction of sp³-hybridized carbons (Fsp3) is 0.500. The maximum absolute atomic E-state index is 12.9. The number of piperazine rings is 1. The number of carbonyl (C=O) groups excluding carboxylic acids is 1. The molecule has 1 saturated heterocycles. The molecular formula is C20H24F4N4O2.